The minimum absolute atomic E-state index is 0.545. The van der Waals surface area contributed by atoms with Crippen molar-refractivity contribution >= 4 is 61.3 Å². The maximum Gasteiger partial charge on any atom is 0.0586 e. The number of rotatable bonds is 1. The first-order chi connectivity index (χ1) is 6.24. The quantitative estimate of drug-likeness (QED) is 0.482. The van der Waals surface area contributed by atoms with Crippen LogP contribution in [0.15, 0.2) is 17.5 Å². The SMILES string of the molecule is Nc1ccc(CCl)c2c(I)csc12. The third kappa shape index (κ3) is 1.53. The van der Waals surface area contributed by atoms with Crippen LogP contribution in [0, 0.1) is 3.57 Å². The van der Waals surface area contributed by atoms with Crippen LogP contribution in [0.1, 0.15) is 5.56 Å². The van der Waals surface area contributed by atoms with Gasteiger partial charge < -0.3 is 5.73 Å². The highest BCUT2D eigenvalue weighted by atomic mass is 127. The van der Waals surface area contributed by atoms with Crippen LogP contribution >= 0.6 is 45.5 Å². The number of thiophene rings is 1. The Morgan fingerprint density at radius 1 is 1.46 bits per heavy atom. The van der Waals surface area contributed by atoms with Crippen molar-refractivity contribution in [2.24, 2.45) is 0 Å². The molecule has 1 nitrogen and oxygen atoms in total. The van der Waals surface area contributed by atoms with Crippen LogP contribution < -0.4 is 5.73 Å². The number of nitrogen functional groups attached to an aromatic ring is 1. The average Bonchev–Trinajstić information content (AvgIpc) is 2.51. The van der Waals surface area contributed by atoms with Crippen molar-refractivity contribution in [3.63, 3.8) is 0 Å². The van der Waals surface area contributed by atoms with Gasteiger partial charge in [0.15, 0.2) is 0 Å². The normalized spacial score (nSPS) is 10.9. The molecule has 0 saturated heterocycles. The van der Waals surface area contributed by atoms with E-state index in [0.29, 0.717) is 5.88 Å². The van der Waals surface area contributed by atoms with Crippen LogP contribution in [0.3, 0.4) is 0 Å². The Labute approximate surface area is 99.0 Å². The standard InChI is InChI=1S/C9H7ClINS/c10-3-5-1-2-7(12)9-8(5)6(11)4-13-9/h1-2,4H,3,12H2. The number of hydrogen-bond acceptors (Lipinski definition) is 2. The summed E-state index contributed by atoms with van der Waals surface area (Å²) in [5.41, 5.74) is 7.86. The molecule has 4 heteroatoms. The molecule has 0 amide bonds. The summed E-state index contributed by atoms with van der Waals surface area (Å²) in [7, 11) is 0. The highest BCUT2D eigenvalue weighted by molar-refractivity contribution is 14.1. The molecule has 0 unspecified atom stereocenters. The molecule has 0 saturated carbocycles. The molecule has 1 heterocycles. The molecule has 0 aliphatic carbocycles. The number of hydrogen-bond donors (Lipinski definition) is 1. The minimum atomic E-state index is 0.545. The number of halogens is 2. The van der Waals surface area contributed by atoms with Crippen LogP contribution in [0.5, 0.6) is 0 Å². The molecule has 2 aromatic rings. The molecule has 0 bridgehead atoms. The topological polar surface area (TPSA) is 26.0 Å². The second-order valence-corrected chi connectivity index (χ2v) is 5.04. The Balaban J connectivity index is 2.88. The summed E-state index contributed by atoms with van der Waals surface area (Å²) < 4.78 is 2.39. The van der Waals surface area contributed by atoms with Crippen LogP contribution in [0.4, 0.5) is 5.69 Å². The second-order valence-electron chi connectivity index (χ2n) is 2.74. The summed E-state index contributed by atoms with van der Waals surface area (Å²) in [5, 5.41) is 3.33. The molecule has 0 spiro atoms. The first kappa shape index (κ1) is 9.55. The van der Waals surface area contributed by atoms with Gasteiger partial charge in [-0.3, -0.25) is 0 Å². The summed E-state index contributed by atoms with van der Waals surface area (Å²) in [6.07, 6.45) is 0. The predicted molar refractivity (Wildman–Crippen MR) is 68.5 cm³/mol. The van der Waals surface area contributed by atoms with E-state index in [1.165, 1.54) is 8.96 Å². The molecule has 0 radical (unpaired) electrons. The number of alkyl halides is 1. The van der Waals surface area contributed by atoms with Gasteiger partial charge >= 0.3 is 0 Å². The highest BCUT2D eigenvalue weighted by Gasteiger charge is 2.08. The maximum absolute atomic E-state index is 5.86. The third-order valence-corrected chi connectivity index (χ3v) is 4.53. The Kier molecular flexibility index (Phi) is 2.67. The molecular weight excluding hydrogens is 317 g/mol. The zero-order valence-corrected chi connectivity index (χ0v) is 10.4. The molecule has 0 aliphatic rings. The van der Waals surface area contributed by atoms with E-state index in [-0.39, 0.29) is 0 Å². The van der Waals surface area contributed by atoms with Crippen LogP contribution in [0.2, 0.25) is 0 Å². The fraction of sp³-hybridized carbons (Fsp3) is 0.111. The van der Waals surface area contributed by atoms with E-state index in [2.05, 4.69) is 28.0 Å². The Bertz CT molecular complexity index is 452. The van der Waals surface area contributed by atoms with E-state index in [9.17, 15) is 0 Å². The molecule has 0 fully saturated rings. The van der Waals surface area contributed by atoms with Gasteiger partial charge in [-0.25, -0.2) is 0 Å². The highest BCUT2D eigenvalue weighted by Crippen LogP contribution is 2.34. The monoisotopic (exact) mass is 323 g/mol. The van der Waals surface area contributed by atoms with Gasteiger partial charge in [-0.15, -0.1) is 22.9 Å². The van der Waals surface area contributed by atoms with Crippen molar-refractivity contribution < 1.29 is 0 Å². The zero-order valence-electron chi connectivity index (χ0n) is 6.68. The van der Waals surface area contributed by atoms with Crippen LogP contribution in [-0.2, 0) is 5.88 Å². The second kappa shape index (κ2) is 3.63. The molecule has 1 aromatic heterocycles. The predicted octanol–water partition coefficient (Wildman–Crippen LogP) is 3.83. The van der Waals surface area contributed by atoms with Crippen LogP contribution in [-0.4, -0.2) is 0 Å². The van der Waals surface area contributed by atoms with Gasteiger partial charge in [-0.1, -0.05) is 6.07 Å². The summed E-state index contributed by atoms with van der Waals surface area (Å²) in [4.78, 5) is 0. The van der Waals surface area contributed by atoms with Crippen molar-refractivity contribution in [2.75, 3.05) is 5.73 Å². The summed E-state index contributed by atoms with van der Waals surface area (Å²) >= 11 is 9.84. The van der Waals surface area contributed by atoms with E-state index < -0.39 is 0 Å². The Morgan fingerprint density at radius 2 is 2.23 bits per heavy atom. The van der Waals surface area contributed by atoms with Gasteiger partial charge in [0.05, 0.1) is 4.70 Å². The zero-order chi connectivity index (χ0) is 9.42. The van der Waals surface area contributed by atoms with Gasteiger partial charge in [-0.2, -0.15) is 0 Å². The molecule has 1 aromatic carbocycles. The van der Waals surface area contributed by atoms with E-state index >= 15 is 0 Å². The maximum atomic E-state index is 5.86. The lowest BCUT2D eigenvalue weighted by molar-refractivity contribution is 1.46. The number of nitrogens with two attached hydrogens (primary N) is 1. The molecule has 2 N–H and O–H groups in total. The van der Waals surface area contributed by atoms with Crippen molar-refractivity contribution in [3.05, 3.63) is 26.6 Å². The van der Waals surface area contributed by atoms with Crippen LogP contribution in [0.25, 0.3) is 10.1 Å². The summed E-state index contributed by atoms with van der Waals surface area (Å²) in [6.45, 7) is 0. The van der Waals surface area contributed by atoms with Crippen molar-refractivity contribution in [2.45, 2.75) is 5.88 Å². The van der Waals surface area contributed by atoms with E-state index in [1.54, 1.807) is 11.3 Å². The summed E-state index contributed by atoms with van der Waals surface area (Å²) in [6, 6.07) is 3.92. The lowest BCUT2D eigenvalue weighted by atomic mass is 10.1. The fourth-order valence-corrected chi connectivity index (χ4v) is 3.61. The average molecular weight is 324 g/mol. The van der Waals surface area contributed by atoms with Gasteiger partial charge in [0.1, 0.15) is 0 Å². The largest absolute Gasteiger partial charge is 0.398 e. The van der Waals surface area contributed by atoms with E-state index in [1.807, 2.05) is 12.1 Å². The van der Waals surface area contributed by atoms with Crippen molar-refractivity contribution in [1.29, 1.82) is 0 Å². The van der Waals surface area contributed by atoms with Gasteiger partial charge in [-0.05, 0) is 34.2 Å². The molecule has 2 rings (SSSR count). The Morgan fingerprint density at radius 3 is 2.92 bits per heavy atom. The molecule has 13 heavy (non-hydrogen) atoms. The number of benzene rings is 1. The number of anilines is 1. The van der Waals surface area contributed by atoms with Crippen molar-refractivity contribution in [3.8, 4) is 0 Å². The Hall–Kier alpha value is -0.0000000000000000833. The lowest BCUT2D eigenvalue weighted by Crippen LogP contribution is -1.87. The lowest BCUT2D eigenvalue weighted by Gasteiger charge is -2.01. The first-order valence-electron chi connectivity index (χ1n) is 3.74. The third-order valence-electron chi connectivity index (χ3n) is 1.94. The van der Waals surface area contributed by atoms with E-state index in [0.717, 1.165) is 16.0 Å². The van der Waals surface area contributed by atoms with Crippen molar-refractivity contribution in [1.82, 2.24) is 0 Å². The smallest absolute Gasteiger partial charge is 0.0586 e. The number of fused-ring (bicyclic) bond motifs is 1. The molecular formula is C9H7ClINS. The van der Waals surface area contributed by atoms with Gasteiger partial charge in [0, 0.05) is 25.9 Å². The molecule has 0 atom stereocenters. The van der Waals surface area contributed by atoms with E-state index in [4.69, 9.17) is 17.3 Å². The minimum Gasteiger partial charge on any atom is -0.398 e. The molecule has 68 valence electrons. The summed E-state index contributed by atoms with van der Waals surface area (Å²) in [5.74, 6) is 0.545. The van der Waals surface area contributed by atoms with Gasteiger partial charge in [0.25, 0.3) is 0 Å². The van der Waals surface area contributed by atoms with Gasteiger partial charge in [0.2, 0.25) is 0 Å². The fourth-order valence-electron chi connectivity index (χ4n) is 1.31. The molecule has 0 aliphatic heterocycles. The first-order valence-corrected chi connectivity index (χ1v) is 6.23.